The van der Waals surface area contributed by atoms with Gasteiger partial charge in [-0.1, -0.05) is 71.6 Å². The van der Waals surface area contributed by atoms with Crippen molar-refractivity contribution in [1.29, 1.82) is 0 Å². The molecular weight excluding hydrogens is 256 g/mol. The first kappa shape index (κ1) is 18.7. The zero-order chi connectivity index (χ0) is 13.6. The maximum Gasteiger partial charge on any atom is 0.00172 e. The SMILES string of the molecule is CCCCCCCCCCCC(S)CCC(C)S. The predicted molar refractivity (Wildman–Crippen MR) is 92.3 cm³/mol. The van der Waals surface area contributed by atoms with Crippen LogP contribution in [0, 0.1) is 0 Å². The van der Waals surface area contributed by atoms with Crippen molar-refractivity contribution >= 4 is 25.3 Å². The van der Waals surface area contributed by atoms with E-state index in [0.29, 0.717) is 10.5 Å². The van der Waals surface area contributed by atoms with Gasteiger partial charge in [0.1, 0.15) is 0 Å². The molecule has 0 aliphatic heterocycles. The molecule has 0 spiro atoms. The Morgan fingerprint density at radius 3 is 1.67 bits per heavy atom. The maximum absolute atomic E-state index is 4.65. The molecule has 0 aliphatic carbocycles. The monoisotopic (exact) mass is 290 g/mol. The second-order valence-electron chi connectivity index (χ2n) is 5.70. The molecule has 2 atom stereocenters. The largest absolute Gasteiger partial charge is 0.176 e. The topological polar surface area (TPSA) is 0 Å². The molecule has 0 radical (unpaired) electrons. The molecule has 110 valence electrons. The Morgan fingerprint density at radius 1 is 0.667 bits per heavy atom. The first-order valence-corrected chi connectivity index (χ1v) is 9.06. The van der Waals surface area contributed by atoms with Gasteiger partial charge in [-0.2, -0.15) is 25.3 Å². The minimum atomic E-state index is 0.530. The van der Waals surface area contributed by atoms with E-state index < -0.39 is 0 Å². The van der Waals surface area contributed by atoms with Gasteiger partial charge < -0.3 is 0 Å². The molecule has 0 heterocycles. The van der Waals surface area contributed by atoms with Gasteiger partial charge in [-0.15, -0.1) is 0 Å². The molecule has 0 aromatic rings. The molecule has 0 amide bonds. The van der Waals surface area contributed by atoms with Crippen LogP contribution < -0.4 is 0 Å². The van der Waals surface area contributed by atoms with Gasteiger partial charge in [0.2, 0.25) is 0 Å². The summed E-state index contributed by atoms with van der Waals surface area (Å²) in [5, 5.41) is 1.13. The number of unbranched alkanes of at least 4 members (excludes halogenated alkanes) is 8. The van der Waals surface area contributed by atoms with Crippen LogP contribution >= 0.6 is 25.3 Å². The molecule has 0 aromatic heterocycles. The average Bonchev–Trinajstić information content (AvgIpc) is 2.34. The van der Waals surface area contributed by atoms with Crippen LogP contribution in [-0.2, 0) is 0 Å². The zero-order valence-corrected chi connectivity index (χ0v) is 14.3. The van der Waals surface area contributed by atoms with E-state index in [0.717, 1.165) is 0 Å². The summed E-state index contributed by atoms with van der Waals surface area (Å²) in [6, 6.07) is 0. The van der Waals surface area contributed by atoms with Crippen LogP contribution in [0.15, 0.2) is 0 Å². The molecule has 2 heteroatoms. The molecule has 0 bridgehead atoms. The number of rotatable bonds is 13. The van der Waals surface area contributed by atoms with Gasteiger partial charge in [-0.3, -0.25) is 0 Å². The van der Waals surface area contributed by atoms with Crippen molar-refractivity contribution in [3.8, 4) is 0 Å². The molecule has 0 aliphatic rings. The Hall–Kier alpha value is 0.700. The second-order valence-corrected chi connectivity index (χ2v) is 7.31. The summed E-state index contributed by atoms with van der Waals surface area (Å²) >= 11 is 9.06. The van der Waals surface area contributed by atoms with Crippen LogP contribution in [0.1, 0.15) is 90.9 Å². The van der Waals surface area contributed by atoms with E-state index in [1.165, 1.54) is 77.0 Å². The van der Waals surface area contributed by atoms with Gasteiger partial charge in [0.05, 0.1) is 0 Å². The minimum Gasteiger partial charge on any atom is -0.176 e. The average molecular weight is 291 g/mol. The highest BCUT2D eigenvalue weighted by Gasteiger charge is 2.04. The van der Waals surface area contributed by atoms with Crippen LogP contribution in [-0.4, -0.2) is 10.5 Å². The molecular formula is C16H34S2. The lowest BCUT2D eigenvalue weighted by Gasteiger charge is -2.11. The lowest BCUT2D eigenvalue weighted by molar-refractivity contribution is 0.545. The first-order chi connectivity index (χ1) is 8.66. The normalized spacial score (nSPS) is 14.7. The molecule has 0 N–H and O–H groups in total. The van der Waals surface area contributed by atoms with Crippen molar-refractivity contribution < 1.29 is 0 Å². The van der Waals surface area contributed by atoms with Crippen molar-refractivity contribution in [1.82, 2.24) is 0 Å². The van der Waals surface area contributed by atoms with Crippen molar-refractivity contribution in [2.45, 2.75) is 101 Å². The number of hydrogen-bond donors (Lipinski definition) is 2. The number of thiol groups is 2. The quantitative estimate of drug-likeness (QED) is 0.288. The van der Waals surface area contributed by atoms with E-state index in [-0.39, 0.29) is 0 Å². The van der Waals surface area contributed by atoms with Gasteiger partial charge >= 0.3 is 0 Å². The van der Waals surface area contributed by atoms with Gasteiger partial charge in [0.25, 0.3) is 0 Å². The molecule has 0 aromatic carbocycles. The summed E-state index contributed by atoms with van der Waals surface area (Å²) in [4.78, 5) is 0. The van der Waals surface area contributed by atoms with Crippen molar-refractivity contribution in [2.75, 3.05) is 0 Å². The highest BCUT2D eigenvalue weighted by Crippen LogP contribution is 2.17. The molecule has 0 saturated heterocycles. The standard InChI is InChI=1S/C16H34S2/c1-3-4-5-6-7-8-9-10-11-12-16(18)14-13-15(2)17/h15-18H,3-14H2,1-2H3. The van der Waals surface area contributed by atoms with Crippen LogP contribution in [0.2, 0.25) is 0 Å². The van der Waals surface area contributed by atoms with E-state index in [1.54, 1.807) is 0 Å². The predicted octanol–water partition coefficient (Wildman–Crippen LogP) is 6.30. The highest BCUT2D eigenvalue weighted by atomic mass is 32.1. The third-order valence-corrected chi connectivity index (χ3v) is 4.33. The van der Waals surface area contributed by atoms with Crippen molar-refractivity contribution in [3.05, 3.63) is 0 Å². The smallest absolute Gasteiger partial charge is 0.00172 e. The Bertz CT molecular complexity index is 157. The summed E-state index contributed by atoms with van der Waals surface area (Å²) in [6.07, 6.45) is 16.5. The minimum absolute atomic E-state index is 0.530. The molecule has 2 unspecified atom stereocenters. The van der Waals surface area contributed by atoms with Crippen LogP contribution in [0.4, 0.5) is 0 Å². The molecule has 0 nitrogen and oxygen atoms in total. The van der Waals surface area contributed by atoms with Crippen LogP contribution in [0.25, 0.3) is 0 Å². The molecule has 0 saturated carbocycles. The zero-order valence-electron chi connectivity index (χ0n) is 12.5. The Labute approximate surface area is 127 Å². The third-order valence-electron chi connectivity index (χ3n) is 3.56. The van der Waals surface area contributed by atoms with Gasteiger partial charge in [-0.05, 0) is 24.5 Å². The Balaban J connectivity index is 3.10. The Kier molecular flexibility index (Phi) is 14.7. The fourth-order valence-corrected chi connectivity index (χ4v) is 2.75. The van der Waals surface area contributed by atoms with Crippen LogP contribution in [0.3, 0.4) is 0 Å². The number of hydrogen-bond acceptors (Lipinski definition) is 2. The summed E-state index contributed by atoms with van der Waals surface area (Å²) in [5.74, 6) is 0. The van der Waals surface area contributed by atoms with E-state index in [4.69, 9.17) is 0 Å². The fraction of sp³-hybridized carbons (Fsp3) is 1.00. The van der Waals surface area contributed by atoms with Gasteiger partial charge in [0, 0.05) is 5.25 Å². The van der Waals surface area contributed by atoms with E-state index in [9.17, 15) is 0 Å². The maximum atomic E-state index is 4.65. The van der Waals surface area contributed by atoms with E-state index in [2.05, 4.69) is 39.1 Å². The molecule has 0 fully saturated rings. The molecule has 0 rings (SSSR count). The van der Waals surface area contributed by atoms with E-state index >= 15 is 0 Å². The summed E-state index contributed by atoms with van der Waals surface area (Å²) in [6.45, 7) is 4.45. The summed E-state index contributed by atoms with van der Waals surface area (Å²) in [7, 11) is 0. The highest BCUT2D eigenvalue weighted by molar-refractivity contribution is 7.81. The lowest BCUT2D eigenvalue weighted by Crippen LogP contribution is -2.02. The van der Waals surface area contributed by atoms with Gasteiger partial charge in [0.15, 0.2) is 0 Å². The summed E-state index contributed by atoms with van der Waals surface area (Å²) < 4.78 is 0. The summed E-state index contributed by atoms with van der Waals surface area (Å²) in [5.41, 5.74) is 0. The second kappa shape index (κ2) is 14.1. The lowest BCUT2D eigenvalue weighted by atomic mass is 10.0. The Morgan fingerprint density at radius 2 is 1.17 bits per heavy atom. The molecule has 18 heavy (non-hydrogen) atoms. The van der Waals surface area contributed by atoms with Gasteiger partial charge in [-0.25, -0.2) is 0 Å². The third kappa shape index (κ3) is 14.8. The van der Waals surface area contributed by atoms with Crippen molar-refractivity contribution in [2.24, 2.45) is 0 Å². The van der Waals surface area contributed by atoms with E-state index in [1.807, 2.05) is 0 Å². The van der Waals surface area contributed by atoms with Crippen LogP contribution in [0.5, 0.6) is 0 Å². The first-order valence-electron chi connectivity index (χ1n) is 8.03. The van der Waals surface area contributed by atoms with Crippen molar-refractivity contribution in [3.63, 3.8) is 0 Å². The fourth-order valence-electron chi connectivity index (χ4n) is 2.27.